The minimum atomic E-state index is -0.631. The van der Waals surface area contributed by atoms with Crippen LogP contribution in [0, 0.1) is 0 Å². The first-order valence-electron chi connectivity index (χ1n) is 9.11. The molecule has 0 N–H and O–H groups in total. The topological polar surface area (TPSA) is 98.3 Å². The van der Waals surface area contributed by atoms with Gasteiger partial charge in [0.15, 0.2) is 11.5 Å². The highest BCUT2D eigenvalue weighted by molar-refractivity contribution is 6.05. The second kappa shape index (κ2) is 7.78. The van der Waals surface area contributed by atoms with Crippen molar-refractivity contribution in [1.29, 1.82) is 0 Å². The zero-order valence-electron chi connectivity index (χ0n) is 15.8. The van der Waals surface area contributed by atoms with E-state index >= 15 is 0 Å². The zero-order chi connectivity index (χ0) is 20.4. The van der Waals surface area contributed by atoms with E-state index in [-0.39, 0.29) is 30.2 Å². The average molecular weight is 397 g/mol. The van der Waals surface area contributed by atoms with Gasteiger partial charge in [-0.15, -0.1) is 0 Å². The van der Waals surface area contributed by atoms with E-state index in [0.29, 0.717) is 31.0 Å². The molecule has 3 heterocycles. The monoisotopic (exact) mass is 397 g/mol. The van der Waals surface area contributed by atoms with Crippen LogP contribution in [-0.2, 0) is 16.0 Å². The number of carbonyl (C=O) groups excluding carboxylic acids is 3. The molecule has 2 aliphatic rings. The van der Waals surface area contributed by atoms with E-state index in [1.807, 2.05) is 0 Å². The summed E-state index contributed by atoms with van der Waals surface area (Å²) in [7, 11) is 1.24. The molecule has 4 rings (SSSR count). The first-order chi connectivity index (χ1) is 14.1. The van der Waals surface area contributed by atoms with E-state index in [0.717, 1.165) is 5.56 Å². The Morgan fingerprint density at radius 3 is 2.69 bits per heavy atom. The molecule has 0 saturated carbocycles. The van der Waals surface area contributed by atoms with Crippen LogP contribution in [0.25, 0.3) is 0 Å². The van der Waals surface area contributed by atoms with Gasteiger partial charge in [0.2, 0.25) is 12.7 Å². The van der Waals surface area contributed by atoms with Crippen molar-refractivity contribution in [1.82, 2.24) is 15.0 Å². The standard InChI is InChI=1S/C20H19N3O6/c1-27-20(26)14-5-6-21-11-15(14)19(25)23-8-2-7-22(23)18(24)10-13-3-4-16-17(9-13)29-12-28-16/h3-6,9,11H,2,7-8,10,12H2,1H3. The fraction of sp³-hybridized carbons (Fsp3) is 0.300. The normalized spacial score (nSPS) is 14.8. The number of hydrogen-bond acceptors (Lipinski definition) is 7. The lowest BCUT2D eigenvalue weighted by molar-refractivity contribution is -0.139. The van der Waals surface area contributed by atoms with Gasteiger partial charge in [0.1, 0.15) is 0 Å². The Kier molecular flexibility index (Phi) is 5.03. The summed E-state index contributed by atoms with van der Waals surface area (Å²) in [4.78, 5) is 41.9. The van der Waals surface area contributed by atoms with Gasteiger partial charge in [-0.2, -0.15) is 0 Å². The predicted molar refractivity (Wildman–Crippen MR) is 99.2 cm³/mol. The SMILES string of the molecule is COC(=O)c1ccncc1C(=O)N1CCCN1C(=O)Cc1ccc2c(c1)OCO2. The van der Waals surface area contributed by atoms with Crippen molar-refractivity contribution in [2.24, 2.45) is 0 Å². The number of fused-ring (bicyclic) bond motifs is 1. The molecule has 1 saturated heterocycles. The number of aromatic nitrogens is 1. The van der Waals surface area contributed by atoms with Gasteiger partial charge in [0.25, 0.3) is 5.91 Å². The molecule has 0 atom stereocenters. The van der Waals surface area contributed by atoms with Gasteiger partial charge in [-0.1, -0.05) is 6.07 Å². The Balaban J connectivity index is 1.52. The molecule has 2 amide bonds. The summed E-state index contributed by atoms with van der Waals surface area (Å²) in [6, 6.07) is 6.74. The lowest BCUT2D eigenvalue weighted by Crippen LogP contribution is -2.45. The van der Waals surface area contributed by atoms with Crippen LogP contribution in [-0.4, -0.2) is 59.8 Å². The number of hydrazine groups is 1. The number of hydrogen-bond donors (Lipinski definition) is 0. The first-order valence-corrected chi connectivity index (χ1v) is 9.11. The van der Waals surface area contributed by atoms with E-state index < -0.39 is 11.9 Å². The molecule has 0 bridgehead atoms. The van der Waals surface area contributed by atoms with Crippen LogP contribution in [0.5, 0.6) is 11.5 Å². The summed E-state index contributed by atoms with van der Waals surface area (Å²) >= 11 is 0. The molecular formula is C20H19N3O6. The van der Waals surface area contributed by atoms with Gasteiger partial charge in [0, 0.05) is 25.5 Å². The van der Waals surface area contributed by atoms with Gasteiger partial charge in [-0.25, -0.2) is 9.80 Å². The Bertz CT molecular complexity index is 976. The minimum absolute atomic E-state index is 0.0992. The molecule has 0 unspecified atom stereocenters. The van der Waals surface area contributed by atoms with Crippen molar-refractivity contribution in [3.05, 3.63) is 53.3 Å². The van der Waals surface area contributed by atoms with Crippen LogP contribution in [0.2, 0.25) is 0 Å². The summed E-state index contributed by atoms with van der Waals surface area (Å²) in [5, 5.41) is 2.78. The van der Waals surface area contributed by atoms with Crippen molar-refractivity contribution in [2.45, 2.75) is 12.8 Å². The third-order valence-electron chi connectivity index (χ3n) is 4.80. The van der Waals surface area contributed by atoms with Gasteiger partial charge >= 0.3 is 5.97 Å². The lowest BCUT2D eigenvalue weighted by atomic mass is 10.1. The van der Waals surface area contributed by atoms with Crippen molar-refractivity contribution in [2.75, 3.05) is 27.0 Å². The number of ether oxygens (including phenoxy) is 3. The summed E-state index contributed by atoms with van der Waals surface area (Å²) in [6.45, 7) is 0.957. The van der Waals surface area contributed by atoms with Gasteiger partial charge in [-0.3, -0.25) is 19.6 Å². The molecule has 1 aromatic carbocycles. The van der Waals surface area contributed by atoms with E-state index in [9.17, 15) is 14.4 Å². The van der Waals surface area contributed by atoms with Gasteiger partial charge < -0.3 is 14.2 Å². The molecule has 150 valence electrons. The van der Waals surface area contributed by atoms with Crippen LogP contribution in [0.4, 0.5) is 0 Å². The summed E-state index contributed by atoms with van der Waals surface area (Å²) in [5.41, 5.74) is 0.972. The third kappa shape index (κ3) is 3.58. The van der Waals surface area contributed by atoms with Crippen molar-refractivity contribution in [3.8, 4) is 11.5 Å². The number of benzene rings is 1. The number of pyridine rings is 1. The Labute approximate surface area is 166 Å². The van der Waals surface area contributed by atoms with E-state index in [4.69, 9.17) is 14.2 Å². The highest BCUT2D eigenvalue weighted by Gasteiger charge is 2.33. The summed E-state index contributed by atoms with van der Waals surface area (Å²) in [5.74, 6) is -0.0738. The first kappa shape index (κ1) is 18.7. The molecule has 9 nitrogen and oxygen atoms in total. The largest absolute Gasteiger partial charge is 0.465 e. The maximum absolute atomic E-state index is 13.1. The van der Waals surface area contributed by atoms with Crippen LogP contribution in [0.15, 0.2) is 36.7 Å². The van der Waals surface area contributed by atoms with E-state index in [2.05, 4.69) is 4.98 Å². The van der Waals surface area contributed by atoms with Gasteiger partial charge in [-0.05, 0) is 30.2 Å². The molecule has 0 radical (unpaired) electrons. The summed E-state index contributed by atoms with van der Waals surface area (Å²) in [6.07, 6.45) is 3.48. The van der Waals surface area contributed by atoms with Gasteiger partial charge in [0.05, 0.1) is 24.7 Å². The maximum atomic E-state index is 13.1. The Morgan fingerprint density at radius 2 is 1.86 bits per heavy atom. The van der Waals surface area contributed by atoms with Crippen molar-refractivity contribution >= 4 is 17.8 Å². The maximum Gasteiger partial charge on any atom is 0.338 e. The zero-order valence-corrected chi connectivity index (χ0v) is 15.8. The number of carbonyl (C=O) groups is 3. The molecular weight excluding hydrogens is 378 g/mol. The van der Waals surface area contributed by atoms with Crippen molar-refractivity contribution in [3.63, 3.8) is 0 Å². The second-order valence-electron chi connectivity index (χ2n) is 6.58. The molecule has 1 aromatic heterocycles. The molecule has 0 aliphatic carbocycles. The molecule has 1 fully saturated rings. The minimum Gasteiger partial charge on any atom is -0.465 e. The number of amides is 2. The van der Waals surface area contributed by atoms with E-state index in [1.54, 1.807) is 18.2 Å². The van der Waals surface area contributed by atoms with Crippen LogP contribution >= 0.6 is 0 Å². The fourth-order valence-corrected chi connectivity index (χ4v) is 3.39. The second-order valence-corrected chi connectivity index (χ2v) is 6.58. The number of esters is 1. The number of rotatable bonds is 4. The highest BCUT2D eigenvalue weighted by Crippen LogP contribution is 2.32. The lowest BCUT2D eigenvalue weighted by Gasteiger charge is -2.28. The molecule has 2 aromatic rings. The number of nitrogens with zero attached hydrogens (tertiary/aromatic N) is 3. The van der Waals surface area contributed by atoms with Crippen molar-refractivity contribution < 1.29 is 28.6 Å². The van der Waals surface area contributed by atoms with E-state index in [1.165, 1.54) is 35.6 Å². The molecule has 9 heteroatoms. The van der Waals surface area contributed by atoms with Crippen LogP contribution in [0.3, 0.4) is 0 Å². The Morgan fingerprint density at radius 1 is 1.07 bits per heavy atom. The van der Waals surface area contributed by atoms with Crippen LogP contribution < -0.4 is 9.47 Å². The predicted octanol–water partition coefficient (Wildman–Crippen LogP) is 1.43. The highest BCUT2D eigenvalue weighted by atomic mass is 16.7. The third-order valence-corrected chi connectivity index (χ3v) is 4.80. The average Bonchev–Trinajstić information content (AvgIpc) is 3.41. The molecule has 29 heavy (non-hydrogen) atoms. The smallest absolute Gasteiger partial charge is 0.338 e. The fourth-order valence-electron chi connectivity index (χ4n) is 3.39. The quantitative estimate of drug-likeness (QED) is 0.720. The summed E-state index contributed by atoms with van der Waals surface area (Å²) < 4.78 is 15.4. The van der Waals surface area contributed by atoms with Crippen LogP contribution in [0.1, 0.15) is 32.7 Å². The molecule has 0 spiro atoms. The Hall–Kier alpha value is -3.62. The number of methoxy groups -OCH3 is 1. The molecule has 2 aliphatic heterocycles.